The molecule has 1 amide bonds. The molecule has 0 saturated heterocycles. The number of amides is 1. The summed E-state index contributed by atoms with van der Waals surface area (Å²) in [5.41, 5.74) is 2.38. The van der Waals surface area contributed by atoms with E-state index in [1.807, 2.05) is 66.1 Å². The summed E-state index contributed by atoms with van der Waals surface area (Å²) in [6.45, 7) is 3.57. The van der Waals surface area contributed by atoms with Crippen LogP contribution in [0.3, 0.4) is 0 Å². The molecule has 5 aromatic rings. The minimum atomic E-state index is -0.416. The van der Waals surface area contributed by atoms with Gasteiger partial charge in [-0.15, -0.1) is 10.2 Å². The lowest BCUT2D eigenvalue weighted by Crippen LogP contribution is -2.28. The SMILES string of the molecule is Cc1c(-c2ccccc2)oc2c(C(=O)NC(C)c3nnc4ccccn34)cccc2c1=O. The number of nitrogens with zero attached hydrogens (tertiary/aromatic N) is 3. The maximum atomic E-state index is 13.2. The van der Waals surface area contributed by atoms with Gasteiger partial charge in [-0.1, -0.05) is 42.5 Å². The van der Waals surface area contributed by atoms with E-state index in [0.29, 0.717) is 28.2 Å². The molecular formula is C25H20N4O3. The molecule has 7 nitrogen and oxygen atoms in total. The Labute approximate surface area is 183 Å². The third kappa shape index (κ3) is 3.24. The first-order valence-corrected chi connectivity index (χ1v) is 10.3. The minimum Gasteiger partial charge on any atom is -0.455 e. The van der Waals surface area contributed by atoms with Gasteiger partial charge in [-0.3, -0.25) is 14.0 Å². The molecule has 3 aromatic heterocycles. The average Bonchev–Trinajstić information content (AvgIpc) is 3.26. The van der Waals surface area contributed by atoms with Crippen LogP contribution in [-0.4, -0.2) is 20.5 Å². The van der Waals surface area contributed by atoms with Gasteiger partial charge < -0.3 is 9.73 Å². The van der Waals surface area contributed by atoms with Crippen molar-refractivity contribution in [2.24, 2.45) is 0 Å². The first-order valence-electron chi connectivity index (χ1n) is 10.3. The Morgan fingerprint density at radius 1 is 1.00 bits per heavy atom. The van der Waals surface area contributed by atoms with E-state index < -0.39 is 6.04 Å². The van der Waals surface area contributed by atoms with Gasteiger partial charge in [0, 0.05) is 17.3 Å². The van der Waals surface area contributed by atoms with Crippen LogP contribution in [0.4, 0.5) is 0 Å². The fourth-order valence-electron chi connectivity index (χ4n) is 3.85. The van der Waals surface area contributed by atoms with E-state index >= 15 is 0 Å². The maximum Gasteiger partial charge on any atom is 0.255 e. The molecule has 0 aliphatic heterocycles. The molecule has 1 atom stereocenters. The topological polar surface area (TPSA) is 89.5 Å². The third-order valence-electron chi connectivity index (χ3n) is 5.50. The number of carbonyl (C=O) groups is 1. The van der Waals surface area contributed by atoms with E-state index in [1.54, 1.807) is 25.1 Å². The molecule has 1 unspecified atom stereocenters. The fraction of sp³-hybridized carbons (Fsp3) is 0.120. The smallest absolute Gasteiger partial charge is 0.255 e. The lowest BCUT2D eigenvalue weighted by atomic mass is 10.0. The van der Waals surface area contributed by atoms with Crippen molar-refractivity contribution in [2.45, 2.75) is 19.9 Å². The molecule has 5 rings (SSSR count). The highest BCUT2D eigenvalue weighted by atomic mass is 16.3. The van der Waals surface area contributed by atoms with Crippen LogP contribution in [0, 0.1) is 6.92 Å². The van der Waals surface area contributed by atoms with Crippen LogP contribution >= 0.6 is 0 Å². The fourth-order valence-corrected chi connectivity index (χ4v) is 3.85. The summed E-state index contributed by atoms with van der Waals surface area (Å²) < 4.78 is 7.98. The van der Waals surface area contributed by atoms with Crippen LogP contribution in [-0.2, 0) is 0 Å². The van der Waals surface area contributed by atoms with Gasteiger partial charge in [0.25, 0.3) is 5.91 Å². The summed E-state index contributed by atoms with van der Waals surface area (Å²) in [5, 5.41) is 11.7. The molecule has 0 radical (unpaired) electrons. The highest BCUT2D eigenvalue weighted by molar-refractivity contribution is 6.05. The largest absolute Gasteiger partial charge is 0.455 e. The van der Waals surface area contributed by atoms with Crippen molar-refractivity contribution in [3.63, 3.8) is 0 Å². The number of rotatable bonds is 4. The second kappa shape index (κ2) is 7.77. The van der Waals surface area contributed by atoms with Gasteiger partial charge >= 0.3 is 0 Å². The molecule has 0 aliphatic carbocycles. The Morgan fingerprint density at radius 3 is 2.59 bits per heavy atom. The molecule has 2 aromatic carbocycles. The van der Waals surface area contributed by atoms with E-state index in [2.05, 4.69) is 15.5 Å². The molecular weight excluding hydrogens is 404 g/mol. The zero-order valence-electron chi connectivity index (χ0n) is 17.6. The van der Waals surface area contributed by atoms with Crippen molar-refractivity contribution < 1.29 is 9.21 Å². The number of pyridine rings is 1. The lowest BCUT2D eigenvalue weighted by molar-refractivity contribution is 0.0939. The van der Waals surface area contributed by atoms with E-state index in [0.717, 1.165) is 5.56 Å². The van der Waals surface area contributed by atoms with Crippen molar-refractivity contribution in [2.75, 3.05) is 0 Å². The number of aromatic nitrogens is 3. The summed E-state index contributed by atoms with van der Waals surface area (Å²) in [4.78, 5) is 26.3. The number of nitrogens with one attached hydrogen (secondary N) is 1. The molecule has 7 heteroatoms. The Bertz CT molecular complexity index is 1520. The summed E-state index contributed by atoms with van der Waals surface area (Å²) in [6, 6.07) is 19.6. The predicted octanol–water partition coefficient (Wildman–Crippen LogP) is 4.30. The van der Waals surface area contributed by atoms with Crippen LogP contribution < -0.4 is 10.7 Å². The third-order valence-corrected chi connectivity index (χ3v) is 5.50. The number of hydrogen-bond donors (Lipinski definition) is 1. The second-order valence-electron chi connectivity index (χ2n) is 7.62. The zero-order chi connectivity index (χ0) is 22.2. The first-order chi connectivity index (χ1) is 15.5. The molecule has 0 bridgehead atoms. The molecule has 32 heavy (non-hydrogen) atoms. The second-order valence-corrected chi connectivity index (χ2v) is 7.62. The van der Waals surface area contributed by atoms with Crippen LogP contribution in [0.1, 0.15) is 34.7 Å². The highest BCUT2D eigenvalue weighted by Crippen LogP contribution is 2.27. The predicted molar refractivity (Wildman–Crippen MR) is 122 cm³/mol. The van der Waals surface area contributed by atoms with Gasteiger partial charge in [-0.05, 0) is 38.1 Å². The van der Waals surface area contributed by atoms with Crippen molar-refractivity contribution in [1.82, 2.24) is 19.9 Å². The highest BCUT2D eigenvalue weighted by Gasteiger charge is 2.21. The number of benzene rings is 2. The molecule has 0 spiro atoms. The standard InChI is InChI=1S/C25H20N4O3/c1-15-21(30)18-11-8-12-19(23(18)32-22(15)17-9-4-3-5-10-17)25(31)26-16(2)24-28-27-20-13-6-7-14-29(20)24/h3-14,16H,1-2H3,(H,26,31). The monoisotopic (exact) mass is 424 g/mol. The molecule has 0 aliphatic rings. The Kier molecular flexibility index (Phi) is 4.78. The van der Waals surface area contributed by atoms with E-state index in [9.17, 15) is 9.59 Å². The Hall–Kier alpha value is -4.26. The number of para-hydroxylation sites is 1. The number of hydrogen-bond acceptors (Lipinski definition) is 5. The first kappa shape index (κ1) is 19.7. The summed E-state index contributed by atoms with van der Waals surface area (Å²) in [5.74, 6) is 0.707. The van der Waals surface area contributed by atoms with Crippen molar-refractivity contribution in [3.8, 4) is 11.3 Å². The molecule has 158 valence electrons. The molecule has 3 heterocycles. The number of fused-ring (bicyclic) bond motifs is 2. The Morgan fingerprint density at radius 2 is 1.78 bits per heavy atom. The molecule has 1 N–H and O–H groups in total. The van der Waals surface area contributed by atoms with Crippen molar-refractivity contribution in [3.05, 3.63) is 100 Å². The number of carbonyl (C=O) groups excluding carboxylic acids is 1. The summed E-state index contributed by atoms with van der Waals surface area (Å²) in [6.07, 6.45) is 1.85. The van der Waals surface area contributed by atoms with Gasteiger partial charge in [0.1, 0.15) is 5.76 Å². The van der Waals surface area contributed by atoms with Gasteiger partial charge in [-0.2, -0.15) is 0 Å². The van der Waals surface area contributed by atoms with Gasteiger partial charge in [0.05, 0.1) is 17.0 Å². The van der Waals surface area contributed by atoms with Crippen LogP contribution in [0.5, 0.6) is 0 Å². The van der Waals surface area contributed by atoms with Crippen LogP contribution in [0.2, 0.25) is 0 Å². The van der Waals surface area contributed by atoms with E-state index in [4.69, 9.17) is 4.42 Å². The minimum absolute atomic E-state index is 0.156. The molecule has 0 saturated carbocycles. The molecule has 0 fully saturated rings. The zero-order valence-corrected chi connectivity index (χ0v) is 17.6. The van der Waals surface area contributed by atoms with Crippen molar-refractivity contribution in [1.29, 1.82) is 0 Å². The van der Waals surface area contributed by atoms with E-state index in [1.165, 1.54) is 0 Å². The Balaban J connectivity index is 1.57. The quantitative estimate of drug-likeness (QED) is 0.465. The van der Waals surface area contributed by atoms with Gasteiger partial charge in [-0.25, -0.2) is 0 Å². The van der Waals surface area contributed by atoms with Crippen LogP contribution in [0.25, 0.3) is 27.9 Å². The normalized spacial score (nSPS) is 12.2. The van der Waals surface area contributed by atoms with Crippen LogP contribution in [0.15, 0.2) is 82.1 Å². The summed E-state index contributed by atoms with van der Waals surface area (Å²) in [7, 11) is 0. The van der Waals surface area contributed by atoms with Gasteiger partial charge in [0.2, 0.25) is 0 Å². The lowest BCUT2D eigenvalue weighted by Gasteiger charge is -2.14. The maximum absolute atomic E-state index is 13.2. The average molecular weight is 424 g/mol. The van der Waals surface area contributed by atoms with Gasteiger partial charge in [0.15, 0.2) is 22.5 Å². The summed E-state index contributed by atoms with van der Waals surface area (Å²) >= 11 is 0. The van der Waals surface area contributed by atoms with Crippen molar-refractivity contribution >= 4 is 22.5 Å². The van der Waals surface area contributed by atoms with E-state index in [-0.39, 0.29) is 22.5 Å².